The third kappa shape index (κ3) is 4.53. The molecule has 26 heavy (non-hydrogen) atoms. The Kier molecular flexibility index (Phi) is 5.75. The number of ether oxygens (including phenoxy) is 3. The first-order chi connectivity index (χ1) is 12.5. The van der Waals surface area contributed by atoms with Crippen molar-refractivity contribution in [1.82, 2.24) is 0 Å². The van der Waals surface area contributed by atoms with Crippen LogP contribution in [-0.2, 0) is 4.74 Å². The largest absolute Gasteiger partial charge is 0.491 e. The van der Waals surface area contributed by atoms with Crippen LogP contribution >= 0.6 is 11.6 Å². The van der Waals surface area contributed by atoms with Gasteiger partial charge in [-0.25, -0.2) is 9.59 Å². The second kappa shape index (κ2) is 8.21. The average molecular weight is 377 g/mol. The van der Waals surface area contributed by atoms with Crippen LogP contribution in [0, 0.1) is 0 Å². The van der Waals surface area contributed by atoms with Crippen molar-refractivity contribution in [3.05, 3.63) is 58.6 Å². The molecule has 0 saturated carbocycles. The number of hydrogen-bond donors (Lipinski definition) is 1. The van der Waals surface area contributed by atoms with Crippen molar-refractivity contribution >= 4 is 23.5 Å². The first-order valence-electron chi connectivity index (χ1n) is 8.12. The van der Waals surface area contributed by atoms with Crippen LogP contribution in [0.2, 0.25) is 5.02 Å². The van der Waals surface area contributed by atoms with E-state index in [-0.39, 0.29) is 28.0 Å². The lowest BCUT2D eigenvalue weighted by atomic mass is 10.2. The topological polar surface area (TPSA) is 82.1 Å². The van der Waals surface area contributed by atoms with Gasteiger partial charge in [-0.3, -0.25) is 0 Å². The lowest BCUT2D eigenvalue weighted by Crippen LogP contribution is -2.16. The zero-order valence-electron chi connectivity index (χ0n) is 13.8. The van der Waals surface area contributed by atoms with E-state index in [0.717, 1.165) is 19.4 Å². The van der Waals surface area contributed by atoms with Gasteiger partial charge in [0, 0.05) is 11.6 Å². The van der Waals surface area contributed by atoms with Crippen molar-refractivity contribution < 1.29 is 28.9 Å². The number of carbonyl (C=O) groups is 2. The molecule has 1 saturated heterocycles. The first kappa shape index (κ1) is 18.2. The summed E-state index contributed by atoms with van der Waals surface area (Å²) in [4.78, 5) is 23.5. The minimum atomic E-state index is -1.23. The summed E-state index contributed by atoms with van der Waals surface area (Å²) in [6.07, 6.45) is 2.14. The van der Waals surface area contributed by atoms with Crippen LogP contribution in [0.1, 0.15) is 33.6 Å². The first-order valence-corrected chi connectivity index (χ1v) is 8.50. The quantitative estimate of drug-likeness (QED) is 0.609. The average Bonchev–Trinajstić information content (AvgIpc) is 3.15. The fourth-order valence-corrected chi connectivity index (χ4v) is 2.74. The predicted octanol–water partition coefficient (Wildman–Crippen LogP) is 3.82. The molecule has 0 amide bonds. The van der Waals surface area contributed by atoms with Crippen molar-refractivity contribution in [2.24, 2.45) is 0 Å². The van der Waals surface area contributed by atoms with Crippen LogP contribution in [0.5, 0.6) is 11.5 Å². The standard InChI is InChI=1S/C19H17ClO6/c20-13-5-8-17(16(10-13)18(21)22)26-19(23)12-3-6-14(7-4-12)25-11-15-2-1-9-24-15/h3-8,10,15H,1-2,9,11H2,(H,21,22). The molecular formula is C19H17ClO6. The van der Waals surface area contributed by atoms with Gasteiger partial charge in [-0.1, -0.05) is 11.6 Å². The number of carbonyl (C=O) groups excluding carboxylic acids is 1. The van der Waals surface area contributed by atoms with Gasteiger partial charge in [-0.05, 0) is 55.3 Å². The number of rotatable bonds is 6. The van der Waals surface area contributed by atoms with Gasteiger partial charge in [-0.2, -0.15) is 0 Å². The Bertz CT molecular complexity index is 796. The third-order valence-corrected chi connectivity index (χ3v) is 4.16. The van der Waals surface area contributed by atoms with Crippen molar-refractivity contribution in [3.8, 4) is 11.5 Å². The molecule has 2 aromatic carbocycles. The van der Waals surface area contributed by atoms with Gasteiger partial charge in [0.2, 0.25) is 0 Å². The van der Waals surface area contributed by atoms with E-state index >= 15 is 0 Å². The SMILES string of the molecule is O=C(Oc1ccc(Cl)cc1C(=O)O)c1ccc(OCC2CCCO2)cc1. The highest BCUT2D eigenvalue weighted by Gasteiger charge is 2.18. The molecule has 3 rings (SSSR count). The maximum Gasteiger partial charge on any atom is 0.343 e. The molecule has 7 heteroatoms. The number of aromatic carboxylic acids is 1. The van der Waals surface area contributed by atoms with Crippen molar-refractivity contribution in [2.75, 3.05) is 13.2 Å². The van der Waals surface area contributed by atoms with Crippen LogP contribution in [0.15, 0.2) is 42.5 Å². The second-order valence-corrected chi connectivity index (χ2v) is 6.24. The van der Waals surface area contributed by atoms with Gasteiger partial charge in [0.15, 0.2) is 0 Å². The molecule has 136 valence electrons. The summed E-state index contributed by atoms with van der Waals surface area (Å²) in [5, 5.41) is 9.43. The van der Waals surface area contributed by atoms with Gasteiger partial charge >= 0.3 is 11.9 Å². The Morgan fingerprint density at radius 1 is 1.19 bits per heavy atom. The van der Waals surface area contributed by atoms with Crippen LogP contribution in [0.4, 0.5) is 0 Å². The molecule has 0 aromatic heterocycles. The molecule has 1 heterocycles. The van der Waals surface area contributed by atoms with Gasteiger partial charge in [0.25, 0.3) is 0 Å². The Hall–Kier alpha value is -2.57. The molecule has 2 aromatic rings. The van der Waals surface area contributed by atoms with E-state index in [2.05, 4.69) is 0 Å². The fraction of sp³-hybridized carbons (Fsp3) is 0.263. The monoisotopic (exact) mass is 376 g/mol. The zero-order chi connectivity index (χ0) is 18.5. The number of benzene rings is 2. The summed E-state index contributed by atoms with van der Waals surface area (Å²) in [6, 6.07) is 10.5. The molecule has 1 fully saturated rings. The Balaban J connectivity index is 1.64. The molecule has 0 radical (unpaired) electrons. The van der Waals surface area contributed by atoms with E-state index < -0.39 is 11.9 Å². The number of halogens is 1. The summed E-state index contributed by atoms with van der Waals surface area (Å²) >= 11 is 5.78. The number of esters is 1. The molecule has 0 aliphatic carbocycles. The van der Waals surface area contributed by atoms with E-state index in [1.54, 1.807) is 24.3 Å². The van der Waals surface area contributed by atoms with E-state index in [1.807, 2.05) is 0 Å². The Morgan fingerprint density at radius 2 is 1.96 bits per heavy atom. The summed E-state index contributed by atoms with van der Waals surface area (Å²) in [5.74, 6) is -1.34. The van der Waals surface area contributed by atoms with Gasteiger partial charge in [0.1, 0.15) is 23.7 Å². The van der Waals surface area contributed by atoms with E-state index in [9.17, 15) is 14.7 Å². The summed E-state index contributed by atoms with van der Waals surface area (Å²) < 4.78 is 16.3. The minimum Gasteiger partial charge on any atom is -0.491 e. The van der Waals surface area contributed by atoms with Gasteiger partial charge in [0.05, 0.1) is 11.7 Å². The zero-order valence-corrected chi connectivity index (χ0v) is 14.6. The van der Waals surface area contributed by atoms with Crippen molar-refractivity contribution in [3.63, 3.8) is 0 Å². The molecule has 0 spiro atoms. The predicted molar refractivity (Wildman–Crippen MR) is 94.3 cm³/mol. The van der Waals surface area contributed by atoms with Crippen molar-refractivity contribution in [1.29, 1.82) is 0 Å². The Morgan fingerprint density at radius 3 is 2.62 bits per heavy atom. The highest BCUT2D eigenvalue weighted by atomic mass is 35.5. The summed E-state index contributed by atoms with van der Waals surface area (Å²) in [6.45, 7) is 1.23. The minimum absolute atomic E-state index is 0.0643. The highest BCUT2D eigenvalue weighted by molar-refractivity contribution is 6.31. The molecule has 1 aliphatic heterocycles. The molecule has 1 N–H and O–H groups in total. The highest BCUT2D eigenvalue weighted by Crippen LogP contribution is 2.24. The summed E-state index contributed by atoms with van der Waals surface area (Å²) in [7, 11) is 0. The van der Waals surface area contributed by atoms with E-state index in [4.69, 9.17) is 25.8 Å². The molecule has 1 atom stereocenters. The van der Waals surface area contributed by atoms with Crippen LogP contribution in [0.3, 0.4) is 0 Å². The molecule has 6 nitrogen and oxygen atoms in total. The van der Waals surface area contributed by atoms with E-state index in [0.29, 0.717) is 12.4 Å². The third-order valence-electron chi connectivity index (χ3n) is 3.92. The lowest BCUT2D eigenvalue weighted by Gasteiger charge is -2.12. The van der Waals surface area contributed by atoms with Crippen LogP contribution < -0.4 is 9.47 Å². The van der Waals surface area contributed by atoms with E-state index in [1.165, 1.54) is 18.2 Å². The number of hydrogen-bond acceptors (Lipinski definition) is 5. The van der Waals surface area contributed by atoms with Crippen LogP contribution in [-0.4, -0.2) is 36.4 Å². The normalized spacial score (nSPS) is 16.3. The molecule has 1 aliphatic rings. The number of carboxylic acids is 1. The van der Waals surface area contributed by atoms with Crippen LogP contribution in [0.25, 0.3) is 0 Å². The van der Waals surface area contributed by atoms with Gasteiger partial charge < -0.3 is 19.3 Å². The second-order valence-electron chi connectivity index (χ2n) is 5.81. The molecule has 0 bridgehead atoms. The molecule has 1 unspecified atom stereocenters. The van der Waals surface area contributed by atoms with Gasteiger partial charge in [-0.15, -0.1) is 0 Å². The maximum atomic E-state index is 12.2. The molecular weight excluding hydrogens is 360 g/mol. The summed E-state index contributed by atoms with van der Waals surface area (Å²) in [5.41, 5.74) is 0.100. The van der Waals surface area contributed by atoms with Crippen molar-refractivity contribution in [2.45, 2.75) is 18.9 Å². The smallest absolute Gasteiger partial charge is 0.343 e. The fourth-order valence-electron chi connectivity index (χ4n) is 2.57. The lowest BCUT2D eigenvalue weighted by molar-refractivity contribution is 0.0674. The maximum absolute atomic E-state index is 12.2. The Labute approximate surface area is 155 Å². The number of carboxylic acid groups (broad SMARTS) is 1.